The number of hydrogen-bond acceptors (Lipinski definition) is 4. The van der Waals surface area contributed by atoms with Gasteiger partial charge in [0, 0.05) is 11.8 Å². The van der Waals surface area contributed by atoms with Gasteiger partial charge in [0.25, 0.3) is 0 Å². The van der Waals surface area contributed by atoms with Gasteiger partial charge >= 0.3 is 7.60 Å². The Hall–Kier alpha value is -0.180. The molecule has 0 aromatic heterocycles. The maximum absolute atomic E-state index is 12.7. The molecule has 0 bridgehead atoms. The first-order valence-electron chi connectivity index (χ1n) is 7.98. The molecule has 0 aliphatic heterocycles. The fourth-order valence-corrected chi connectivity index (χ4v) is 6.17. The Morgan fingerprint density at radius 1 is 1.15 bits per heavy atom. The van der Waals surface area contributed by atoms with Crippen molar-refractivity contribution in [1.82, 2.24) is 0 Å². The van der Waals surface area contributed by atoms with Crippen molar-refractivity contribution in [3.05, 3.63) is 0 Å². The highest BCUT2D eigenvalue weighted by Gasteiger charge is 2.51. The number of carbonyl (C=O) groups excluding carboxylic acids is 1. The van der Waals surface area contributed by atoms with E-state index in [1.54, 1.807) is 0 Å². The van der Waals surface area contributed by atoms with Crippen LogP contribution in [0.2, 0.25) is 0 Å². The van der Waals surface area contributed by atoms with E-state index in [0.717, 1.165) is 38.5 Å². The van der Waals surface area contributed by atoms with Gasteiger partial charge < -0.3 is 9.05 Å². The first kappa shape index (κ1) is 16.2. The van der Waals surface area contributed by atoms with E-state index in [1.165, 1.54) is 0 Å². The van der Waals surface area contributed by atoms with Gasteiger partial charge in [-0.3, -0.25) is 9.36 Å². The van der Waals surface area contributed by atoms with E-state index in [0.29, 0.717) is 31.6 Å². The molecule has 2 rings (SSSR count). The molecule has 116 valence electrons. The quantitative estimate of drug-likeness (QED) is 0.691. The van der Waals surface area contributed by atoms with Crippen molar-refractivity contribution in [3.8, 4) is 0 Å². The summed E-state index contributed by atoms with van der Waals surface area (Å²) in [7, 11) is -3.04. The van der Waals surface area contributed by atoms with Crippen LogP contribution in [0.3, 0.4) is 0 Å². The summed E-state index contributed by atoms with van der Waals surface area (Å²) in [6, 6.07) is 0. The largest absolute Gasteiger partial charge is 0.330 e. The van der Waals surface area contributed by atoms with Crippen LogP contribution in [-0.4, -0.2) is 25.2 Å². The Morgan fingerprint density at radius 2 is 1.80 bits per heavy atom. The maximum Gasteiger partial charge on any atom is 0.330 e. The van der Waals surface area contributed by atoms with Crippen LogP contribution in [0.25, 0.3) is 0 Å². The van der Waals surface area contributed by atoms with Crippen LogP contribution >= 0.6 is 7.60 Å². The van der Waals surface area contributed by atoms with Crippen LogP contribution in [0, 0.1) is 11.3 Å². The molecular formula is C15H27O4P. The molecule has 0 aromatic rings. The number of rotatable bonds is 6. The Labute approximate surface area is 122 Å². The van der Waals surface area contributed by atoms with Gasteiger partial charge in [0.15, 0.2) is 0 Å². The summed E-state index contributed by atoms with van der Waals surface area (Å²) in [5, 5.41) is 0. The minimum atomic E-state index is -3.04. The summed E-state index contributed by atoms with van der Waals surface area (Å²) in [6.07, 6.45) is 7.23. The van der Waals surface area contributed by atoms with Gasteiger partial charge in [0.05, 0.1) is 19.4 Å². The average molecular weight is 302 g/mol. The van der Waals surface area contributed by atoms with Crippen LogP contribution in [0.4, 0.5) is 0 Å². The number of Topliss-reactive ketones (excluding diaryl/α,β-unsaturated/α-hetero) is 1. The van der Waals surface area contributed by atoms with E-state index in [2.05, 4.69) is 0 Å². The molecule has 20 heavy (non-hydrogen) atoms. The minimum absolute atomic E-state index is 0.180. The van der Waals surface area contributed by atoms with E-state index in [9.17, 15) is 9.36 Å². The lowest BCUT2D eigenvalue weighted by Crippen LogP contribution is -2.39. The first-order chi connectivity index (χ1) is 9.56. The Kier molecular flexibility index (Phi) is 5.44. The molecule has 0 radical (unpaired) electrons. The first-order valence-corrected chi connectivity index (χ1v) is 9.70. The predicted molar refractivity (Wildman–Crippen MR) is 79.0 cm³/mol. The van der Waals surface area contributed by atoms with Gasteiger partial charge in [0.1, 0.15) is 5.78 Å². The van der Waals surface area contributed by atoms with Crippen LogP contribution in [0.1, 0.15) is 58.8 Å². The Morgan fingerprint density at radius 3 is 2.40 bits per heavy atom. The summed E-state index contributed by atoms with van der Waals surface area (Å²) in [4.78, 5) is 12.5. The van der Waals surface area contributed by atoms with Crippen molar-refractivity contribution in [2.75, 3.05) is 19.4 Å². The van der Waals surface area contributed by atoms with E-state index in [1.807, 2.05) is 13.8 Å². The van der Waals surface area contributed by atoms with E-state index >= 15 is 0 Å². The second-order valence-electron chi connectivity index (χ2n) is 6.00. The van der Waals surface area contributed by atoms with Crippen molar-refractivity contribution < 1.29 is 18.4 Å². The third-order valence-electron chi connectivity index (χ3n) is 4.88. The lowest BCUT2D eigenvalue weighted by atomic mass is 9.67. The highest BCUT2D eigenvalue weighted by molar-refractivity contribution is 7.53. The molecule has 0 heterocycles. The highest BCUT2D eigenvalue weighted by atomic mass is 31.2. The average Bonchev–Trinajstić information content (AvgIpc) is 2.77. The SMILES string of the molecule is CCOP(=O)(CC1CCCC12CCCCC2=O)OCC. The third kappa shape index (κ3) is 3.18. The molecule has 2 aliphatic carbocycles. The van der Waals surface area contributed by atoms with E-state index in [4.69, 9.17) is 9.05 Å². The fraction of sp³-hybridized carbons (Fsp3) is 0.933. The molecule has 5 heteroatoms. The number of ketones is 1. The zero-order valence-electron chi connectivity index (χ0n) is 12.7. The van der Waals surface area contributed by atoms with Crippen molar-refractivity contribution in [2.24, 2.45) is 11.3 Å². The zero-order valence-corrected chi connectivity index (χ0v) is 13.6. The molecule has 0 amide bonds. The van der Waals surface area contributed by atoms with Crippen molar-refractivity contribution >= 4 is 13.4 Å². The molecule has 2 unspecified atom stereocenters. The Bertz CT molecular complexity index is 385. The molecule has 4 nitrogen and oxygen atoms in total. The summed E-state index contributed by atoms with van der Waals surface area (Å²) in [6.45, 7) is 4.46. The molecule has 1 spiro atoms. The molecule has 0 N–H and O–H groups in total. The topological polar surface area (TPSA) is 52.6 Å². The minimum Gasteiger partial charge on any atom is -0.309 e. The summed E-state index contributed by atoms with van der Waals surface area (Å²) < 4.78 is 23.6. The number of carbonyl (C=O) groups is 1. The zero-order chi connectivity index (χ0) is 14.6. The van der Waals surface area contributed by atoms with Crippen LogP contribution < -0.4 is 0 Å². The molecule has 2 fully saturated rings. The second kappa shape index (κ2) is 6.72. The third-order valence-corrected chi connectivity index (χ3v) is 7.08. The monoisotopic (exact) mass is 302 g/mol. The van der Waals surface area contributed by atoms with Crippen molar-refractivity contribution in [2.45, 2.75) is 58.8 Å². The molecule has 2 atom stereocenters. The van der Waals surface area contributed by atoms with Crippen molar-refractivity contribution in [1.29, 1.82) is 0 Å². The lowest BCUT2D eigenvalue weighted by Gasteiger charge is -2.38. The maximum atomic E-state index is 12.7. The molecular weight excluding hydrogens is 275 g/mol. The van der Waals surface area contributed by atoms with Crippen LogP contribution in [0.15, 0.2) is 0 Å². The summed E-state index contributed by atoms with van der Waals surface area (Å²) >= 11 is 0. The highest BCUT2D eigenvalue weighted by Crippen LogP contribution is 2.58. The van der Waals surface area contributed by atoms with Crippen LogP contribution in [0.5, 0.6) is 0 Å². The summed E-state index contributed by atoms with van der Waals surface area (Å²) in [5.74, 6) is 0.574. The smallest absolute Gasteiger partial charge is 0.309 e. The standard InChI is InChI=1S/C15H27O4P/c1-3-18-20(17,19-4-2)12-13-8-7-11-15(13)10-6-5-9-14(15)16/h13H,3-12H2,1-2H3. The van der Waals surface area contributed by atoms with Gasteiger partial charge in [-0.2, -0.15) is 0 Å². The van der Waals surface area contributed by atoms with Gasteiger partial charge in [-0.05, 0) is 45.4 Å². The van der Waals surface area contributed by atoms with Crippen LogP contribution in [-0.2, 0) is 18.4 Å². The lowest BCUT2D eigenvalue weighted by molar-refractivity contribution is -0.133. The fourth-order valence-electron chi connectivity index (χ4n) is 4.03. The summed E-state index contributed by atoms with van der Waals surface area (Å²) in [5.41, 5.74) is -0.220. The van der Waals surface area contributed by atoms with Gasteiger partial charge in [0.2, 0.25) is 0 Å². The number of hydrogen-bond donors (Lipinski definition) is 0. The normalized spacial score (nSPS) is 31.1. The molecule has 2 aliphatic rings. The van der Waals surface area contributed by atoms with Gasteiger partial charge in [-0.1, -0.05) is 12.8 Å². The van der Waals surface area contributed by atoms with Crippen molar-refractivity contribution in [3.63, 3.8) is 0 Å². The molecule has 2 saturated carbocycles. The van der Waals surface area contributed by atoms with E-state index in [-0.39, 0.29) is 11.3 Å². The molecule has 0 aromatic carbocycles. The van der Waals surface area contributed by atoms with E-state index < -0.39 is 7.60 Å². The predicted octanol–water partition coefficient (Wildman–Crippen LogP) is 4.18. The Balaban J connectivity index is 2.14. The second-order valence-corrected chi connectivity index (χ2v) is 8.11. The molecule has 0 saturated heterocycles. The van der Waals surface area contributed by atoms with Gasteiger partial charge in [-0.15, -0.1) is 0 Å². The van der Waals surface area contributed by atoms with Gasteiger partial charge in [-0.25, -0.2) is 0 Å².